The van der Waals surface area contributed by atoms with E-state index in [0.717, 1.165) is 25.3 Å². The summed E-state index contributed by atoms with van der Waals surface area (Å²) in [6.45, 7) is 2.07. The van der Waals surface area contributed by atoms with Gasteiger partial charge in [-0.15, -0.1) is 0 Å². The minimum atomic E-state index is -3.75. The Kier molecular flexibility index (Phi) is 4.31. The zero-order chi connectivity index (χ0) is 14.9. The minimum absolute atomic E-state index is 0.0801. The second-order valence-electron chi connectivity index (χ2n) is 5.11. The Morgan fingerprint density at radius 1 is 1.40 bits per heavy atom. The van der Waals surface area contributed by atoms with Crippen LogP contribution in [0.2, 0.25) is 5.02 Å². The van der Waals surface area contributed by atoms with Crippen LogP contribution in [0, 0.1) is 16.0 Å². The van der Waals surface area contributed by atoms with Crippen LogP contribution in [0.4, 0.5) is 5.69 Å². The summed E-state index contributed by atoms with van der Waals surface area (Å²) in [5.74, 6) is 0.488. The van der Waals surface area contributed by atoms with Gasteiger partial charge in [0.2, 0.25) is 10.0 Å². The van der Waals surface area contributed by atoms with Crippen LogP contribution in [0.15, 0.2) is 23.1 Å². The van der Waals surface area contributed by atoms with Gasteiger partial charge in [0, 0.05) is 12.1 Å². The predicted octanol–water partition coefficient (Wildman–Crippen LogP) is 2.72. The molecule has 1 aromatic rings. The van der Waals surface area contributed by atoms with E-state index in [4.69, 9.17) is 11.6 Å². The molecule has 110 valence electrons. The van der Waals surface area contributed by atoms with Crippen LogP contribution < -0.4 is 4.72 Å². The molecule has 2 atom stereocenters. The van der Waals surface area contributed by atoms with E-state index in [2.05, 4.69) is 11.6 Å². The van der Waals surface area contributed by atoms with Gasteiger partial charge in [0.05, 0.1) is 9.82 Å². The molecule has 6 nitrogen and oxygen atoms in total. The first-order valence-corrected chi connectivity index (χ1v) is 8.12. The summed E-state index contributed by atoms with van der Waals surface area (Å²) in [7, 11) is -3.75. The first kappa shape index (κ1) is 15.2. The summed E-state index contributed by atoms with van der Waals surface area (Å²) in [5, 5.41) is 10.7. The molecule has 0 aromatic heterocycles. The van der Waals surface area contributed by atoms with Crippen molar-refractivity contribution in [3.05, 3.63) is 33.3 Å². The van der Waals surface area contributed by atoms with Crippen LogP contribution in [0.3, 0.4) is 0 Å². The molecular weight excluding hydrogens is 304 g/mol. The van der Waals surface area contributed by atoms with Crippen molar-refractivity contribution in [3.63, 3.8) is 0 Å². The van der Waals surface area contributed by atoms with Crippen LogP contribution in [-0.4, -0.2) is 19.4 Å². The summed E-state index contributed by atoms with van der Waals surface area (Å²) < 4.78 is 27.0. The van der Waals surface area contributed by atoms with Gasteiger partial charge in [-0.2, -0.15) is 0 Å². The second-order valence-corrected chi connectivity index (χ2v) is 7.23. The third kappa shape index (κ3) is 3.28. The maximum atomic E-state index is 12.2. The first-order valence-electron chi connectivity index (χ1n) is 6.26. The first-order chi connectivity index (χ1) is 9.29. The van der Waals surface area contributed by atoms with Crippen molar-refractivity contribution in [3.8, 4) is 0 Å². The van der Waals surface area contributed by atoms with Crippen molar-refractivity contribution in [2.24, 2.45) is 5.92 Å². The van der Waals surface area contributed by atoms with Crippen molar-refractivity contribution in [1.82, 2.24) is 4.72 Å². The van der Waals surface area contributed by atoms with Crippen LogP contribution in [0.1, 0.15) is 26.2 Å². The lowest BCUT2D eigenvalue weighted by atomic mass is 10.1. The molecule has 8 heteroatoms. The highest BCUT2D eigenvalue weighted by Crippen LogP contribution is 2.29. The van der Waals surface area contributed by atoms with Gasteiger partial charge in [-0.3, -0.25) is 10.1 Å². The summed E-state index contributed by atoms with van der Waals surface area (Å²) in [5.41, 5.74) is -0.408. The number of hydrogen-bond donors (Lipinski definition) is 1. The fourth-order valence-electron chi connectivity index (χ4n) is 2.40. The number of nitrogens with zero attached hydrogens (tertiary/aromatic N) is 1. The highest BCUT2D eigenvalue weighted by atomic mass is 35.5. The lowest BCUT2D eigenvalue weighted by molar-refractivity contribution is -0.384. The van der Waals surface area contributed by atoms with Crippen molar-refractivity contribution in [1.29, 1.82) is 0 Å². The topological polar surface area (TPSA) is 89.3 Å². The number of rotatable bonds is 4. The number of sulfonamides is 1. The summed E-state index contributed by atoms with van der Waals surface area (Å²) >= 11 is 5.67. The molecule has 0 spiro atoms. The normalized spacial score (nSPS) is 22.9. The van der Waals surface area contributed by atoms with E-state index in [1.165, 1.54) is 12.1 Å². The van der Waals surface area contributed by atoms with Crippen LogP contribution in [0.5, 0.6) is 0 Å². The number of hydrogen-bond acceptors (Lipinski definition) is 4. The average molecular weight is 319 g/mol. The second kappa shape index (κ2) is 5.67. The SMILES string of the molecule is CC1CCC(NS(=O)(=O)c2ccc(Cl)c([N+](=O)[O-])c2)C1. The Morgan fingerprint density at radius 3 is 2.65 bits per heavy atom. The molecule has 1 aliphatic rings. The Balaban J connectivity index is 2.25. The Hall–Kier alpha value is -1.18. The van der Waals surface area contributed by atoms with Gasteiger partial charge in [-0.25, -0.2) is 13.1 Å². The zero-order valence-electron chi connectivity index (χ0n) is 10.9. The fourth-order valence-corrected chi connectivity index (χ4v) is 3.89. The van der Waals surface area contributed by atoms with E-state index in [9.17, 15) is 18.5 Å². The lowest BCUT2D eigenvalue weighted by Gasteiger charge is -2.13. The molecule has 0 radical (unpaired) electrons. The van der Waals surface area contributed by atoms with Crippen molar-refractivity contribution in [2.75, 3.05) is 0 Å². The molecule has 1 fully saturated rings. The third-order valence-corrected chi connectivity index (χ3v) is 5.28. The maximum Gasteiger partial charge on any atom is 0.289 e. The molecular formula is C12H15ClN2O4S. The summed E-state index contributed by atoms with van der Waals surface area (Å²) in [6, 6.07) is 3.38. The molecule has 0 heterocycles. The van der Waals surface area contributed by atoms with E-state index in [1.807, 2.05) is 0 Å². The van der Waals surface area contributed by atoms with E-state index in [-0.39, 0.29) is 16.0 Å². The molecule has 0 amide bonds. The highest BCUT2D eigenvalue weighted by molar-refractivity contribution is 7.89. The molecule has 1 aliphatic carbocycles. The molecule has 0 aliphatic heterocycles. The molecule has 2 rings (SSSR count). The van der Waals surface area contributed by atoms with Gasteiger partial charge in [0.15, 0.2) is 0 Å². The van der Waals surface area contributed by atoms with Gasteiger partial charge in [-0.1, -0.05) is 18.5 Å². The number of benzene rings is 1. The molecule has 0 bridgehead atoms. The smallest absolute Gasteiger partial charge is 0.258 e. The highest BCUT2D eigenvalue weighted by Gasteiger charge is 2.27. The summed E-state index contributed by atoms with van der Waals surface area (Å²) in [6.07, 6.45) is 2.55. The largest absolute Gasteiger partial charge is 0.289 e. The maximum absolute atomic E-state index is 12.2. The predicted molar refractivity (Wildman–Crippen MR) is 75.2 cm³/mol. The number of nitro benzene ring substituents is 1. The molecule has 1 N–H and O–H groups in total. The third-order valence-electron chi connectivity index (χ3n) is 3.44. The lowest BCUT2D eigenvalue weighted by Crippen LogP contribution is -2.32. The van der Waals surface area contributed by atoms with Crippen LogP contribution in [0.25, 0.3) is 0 Å². The van der Waals surface area contributed by atoms with E-state index in [1.54, 1.807) is 0 Å². The van der Waals surface area contributed by atoms with Crippen LogP contribution in [-0.2, 0) is 10.0 Å². The molecule has 1 saturated carbocycles. The Bertz CT molecular complexity index is 632. The standard InChI is InChI=1S/C12H15ClN2O4S/c1-8-2-3-9(6-8)14-20(18,19)10-4-5-11(13)12(7-10)15(16)17/h4-5,7-9,14H,2-3,6H2,1H3. The fraction of sp³-hybridized carbons (Fsp3) is 0.500. The van der Waals surface area contributed by atoms with E-state index in [0.29, 0.717) is 5.92 Å². The number of nitro groups is 1. The quantitative estimate of drug-likeness (QED) is 0.682. The molecule has 20 heavy (non-hydrogen) atoms. The van der Waals surface area contributed by atoms with E-state index < -0.39 is 20.6 Å². The molecule has 1 aromatic carbocycles. The van der Waals surface area contributed by atoms with Gasteiger partial charge in [-0.05, 0) is 37.3 Å². The number of nitrogens with one attached hydrogen (secondary N) is 1. The van der Waals surface area contributed by atoms with Gasteiger partial charge >= 0.3 is 0 Å². The zero-order valence-corrected chi connectivity index (χ0v) is 12.4. The van der Waals surface area contributed by atoms with Gasteiger partial charge in [0.25, 0.3) is 5.69 Å². The van der Waals surface area contributed by atoms with Gasteiger partial charge in [0.1, 0.15) is 5.02 Å². The molecule has 2 unspecified atom stereocenters. The van der Waals surface area contributed by atoms with E-state index >= 15 is 0 Å². The van der Waals surface area contributed by atoms with Crippen molar-refractivity contribution >= 4 is 27.3 Å². The Labute approximate surface area is 122 Å². The minimum Gasteiger partial charge on any atom is -0.258 e. The monoisotopic (exact) mass is 318 g/mol. The van der Waals surface area contributed by atoms with Gasteiger partial charge < -0.3 is 0 Å². The van der Waals surface area contributed by atoms with Crippen molar-refractivity contribution in [2.45, 2.75) is 37.1 Å². The molecule has 0 saturated heterocycles. The summed E-state index contributed by atoms with van der Waals surface area (Å²) in [4.78, 5) is 9.97. The number of halogens is 1. The average Bonchev–Trinajstić information content (AvgIpc) is 2.73. The van der Waals surface area contributed by atoms with Crippen molar-refractivity contribution < 1.29 is 13.3 Å². The Morgan fingerprint density at radius 2 is 2.10 bits per heavy atom. The van der Waals surface area contributed by atoms with Crippen LogP contribution >= 0.6 is 11.6 Å².